The van der Waals surface area contributed by atoms with Crippen molar-refractivity contribution in [3.63, 3.8) is 0 Å². The Hall–Kier alpha value is -2.46. The number of pyridine rings is 1. The summed E-state index contributed by atoms with van der Waals surface area (Å²) in [5, 5.41) is 1.31. The predicted molar refractivity (Wildman–Crippen MR) is 104 cm³/mol. The van der Waals surface area contributed by atoms with Gasteiger partial charge < -0.3 is 5.32 Å². The van der Waals surface area contributed by atoms with Crippen LogP contribution in [0.3, 0.4) is 0 Å². The van der Waals surface area contributed by atoms with Gasteiger partial charge in [0, 0.05) is 25.8 Å². The molecular formula is C20H22F3N3O3S. The molecule has 1 amide bonds. The van der Waals surface area contributed by atoms with E-state index in [0.29, 0.717) is 0 Å². The lowest BCUT2D eigenvalue weighted by atomic mass is 9.97. The second-order valence-corrected chi connectivity index (χ2v) is 9.10. The molecule has 0 bridgehead atoms. The van der Waals surface area contributed by atoms with Crippen molar-refractivity contribution in [1.29, 1.82) is 0 Å². The van der Waals surface area contributed by atoms with Crippen molar-refractivity contribution in [1.82, 2.24) is 15.2 Å². The number of sulfone groups is 1. The van der Waals surface area contributed by atoms with Gasteiger partial charge in [-0.1, -0.05) is 30.3 Å². The summed E-state index contributed by atoms with van der Waals surface area (Å²) >= 11 is 0. The molecule has 1 unspecified atom stereocenters. The summed E-state index contributed by atoms with van der Waals surface area (Å²) in [5.41, 5.74) is -4.95. The summed E-state index contributed by atoms with van der Waals surface area (Å²) in [6.07, 6.45) is 2.72. The lowest BCUT2D eigenvalue weighted by Gasteiger charge is -2.32. The minimum absolute atomic E-state index is 0.116. The van der Waals surface area contributed by atoms with Crippen LogP contribution in [-0.2, 0) is 16.4 Å². The zero-order valence-electron chi connectivity index (χ0n) is 16.1. The average molecular weight is 441 g/mol. The molecule has 0 spiro atoms. The van der Waals surface area contributed by atoms with Gasteiger partial charge >= 0.3 is 5.51 Å². The van der Waals surface area contributed by atoms with E-state index in [1.54, 1.807) is 0 Å². The summed E-state index contributed by atoms with van der Waals surface area (Å²) < 4.78 is 62.1. The molecule has 1 N–H and O–H groups in total. The Balaban J connectivity index is 1.64. The maximum atomic E-state index is 12.9. The van der Waals surface area contributed by atoms with Crippen LogP contribution in [0.4, 0.5) is 13.2 Å². The zero-order chi connectivity index (χ0) is 21.8. The van der Waals surface area contributed by atoms with E-state index >= 15 is 0 Å². The molecule has 2 aromatic rings. The number of nitrogens with zero attached hydrogens (tertiary/aromatic N) is 2. The highest BCUT2D eigenvalue weighted by Gasteiger charge is 2.49. The van der Waals surface area contributed by atoms with Crippen molar-refractivity contribution >= 4 is 15.7 Å². The van der Waals surface area contributed by atoms with Crippen molar-refractivity contribution in [2.45, 2.75) is 29.9 Å². The highest BCUT2D eigenvalue weighted by atomic mass is 32.2. The Morgan fingerprint density at radius 2 is 1.90 bits per heavy atom. The molecule has 0 saturated carbocycles. The van der Waals surface area contributed by atoms with Crippen LogP contribution in [0.1, 0.15) is 28.8 Å². The Labute approximate surface area is 173 Å². The fourth-order valence-electron chi connectivity index (χ4n) is 3.52. The van der Waals surface area contributed by atoms with Gasteiger partial charge in [0.1, 0.15) is 0 Å². The van der Waals surface area contributed by atoms with E-state index in [4.69, 9.17) is 0 Å². The third-order valence-corrected chi connectivity index (χ3v) is 6.42. The minimum atomic E-state index is -5.72. The van der Waals surface area contributed by atoms with E-state index in [1.807, 2.05) is 30.3 Å². The SMILES string of the molecule is O=C(NCC1CCCN(Cc2ccccc2)C1)c1cccnc1S(=O)(=O)C(F)(F)F. The number of amides is 1. The first kappa shape index (κ1) is 22.2. The second kappa shape index (κ2) is 9.13. The Bertz CT molecular complexity index is 982. The monoisotopic (exact) mass is 441 g/mol. The molecule has 1 aromatic carbocycles. The summed E-state index contributed by atoms with van der Waals surface area (Å²) in [5.74, 6) is -0.767. The summed E-state index contributed by atoms with van der Waals surface area (Å²) in [6, 6.07) is 12.2. The standard InChI is InChI=1S/C20H22F3N3O3S/c21-20(22,23)30(28,29)19-17(9-4-10-24-19)18(27)25-12-16-8-5-11-26(14-16)13-15-6-2-1-3-7-15/h1-4,6-7,9-10,16H,5,8,11-14H2,(H,25,27). The van der Waals surface area contributed by atoms with Gasteiger partial charge in [-0.05, 0) is 43.0 Å². The van der Waals surface area contributed by atoms with E-state index in [1.165, 1.54) is 11.6 Å². The normalized spacial score (nSPS) is 18.2. The molecule has 1 atom stereocenters. The number of piperidine rings is 1. The summed E-state index contributed by atoms with van der Waals surface area (Å²) in [6.45, 7) is 2.68. The Kier molecular flexibility index (Phi) is 6.77. The number of halogens is 3. The molecule has 162 valence electrons. The van der Waals surface area contributed by atoms with E-state index in [2.05, 4.69) is 15.2 Å². The first-order valence-electron chi connectivity index (χ1n) is 9.49. The molecule has 1 aromatic heterocycles. The molecule has 3 rings (SSSR count). The lowest BCUT2D eigenvalue weighted by molar-refractivity contribution is -0.0438. The minimum Gasteiger partial charge on any atom is -0.352 e. The van der Waals surface area contributed by atoms with Gasteiger partial charge in [0.25, 0.3) is 15.7 Å². The number of nitrogens with one attached hydrogen (secondary N) is 1. The van der Waals surface area contributed by atoms with E-state index in [0.717, 1.165) is 44.7 Å². The van der Waals surface area contributed by atoms with Gasteiger partial charge in [0.15, 0.2) is 5.03 Å². The first-order chi connectivity index (χ1) is 14.2. The number of aromatic nitrogens is 1. The first-order valence-corrected chi connectivity index (χ1v) is 11.0. The molecule has 0 aliphatic carbocycles. The molecule has 0 radical (unpaired) electrons. The molecule has 1 aliphatic heterocycles. The zero-order valence-corrected chi connectivity index (χ0v) is 16.9. The highest BCUT2D eigenvalue weighted by molar-refractivity contribution is 7.92. The Morgan fingerprint density at radius 1 is 1.17 bits per heavy atom. The number of rotatable bonds is 6. The number of alkyl halides is 3. The van der Waals surface area contributed by atoms with Crippen LogP contribution in [0, 0.1) is 5.92 Å². The van der Waals surface area contributed by atoms with Crippen LogP contribution in [0.15, 0.2) is 53.7 Å². The summed E-state index contributed by atoms with van der Waals surface area (Å²) in [4.78, 5) is 18.0. The fourth-order valence-corrected chi connectivity index (χ4v) is 4.39. The fraction of sp³-hybridized carbons (Fsp3) is 0.400. The maximum absolute atomic E-state index is 12.9. The second-order valence-electron chi connectivity index (χ2n) is 7.24. The van der Waals surface area contributed by atoms with Crippen LogP contribution in [-0.4, -0.2) is 49.4 Å². The summed E-state index contributed by atoms with van der Waals surface area (Å²) in [7, 11) is -5.72. The molecule has 2 heterocycles. The van der Waals surface area contributed by atoms with Crippen molar-refractivity contribution in [2.24, 2.45) is 5.92 Å². The average Bonchev–Trinajstić information content (AvgIpc) is 2.72. The highest BCUT2D eigenvalue weighted by Crippen LogP contribution is 2.30. The van der Waals surface area contributed by atoms with Crippen LogP contribution >= 0.6 is 0 Å². The van der Waals surface area contributed by atoms with E-state index < -0.39 is 31.8 Å². The Morgan fingerprint density at radius 3 is 2.60 bits per heavy atom. The quantitative estimate of drug-likeness (QED) is 0.746. The molecule has 10 heteroatoms. The predicted octanol–water partition coefficient (Wildman–Crippen LogP) is 3.02. The van der Waals surface area contributed by atoms with Gasteiger partial charge in [-0.3, -0.25) is 9.69 Å². The molecular weight excluding hydrogens is 419 g/mol. The number of likely N-dealkylation sites (tertiary alicyclic amines) is 1. The third kappa shape index (κ3) is 5.17. The van der Waals surface area contributed by atoms with Gasteiger partial charge in [-0.2, -0.15) is 13.2 Å². The third-order valence-electron chi connectivity index (χ3n) is 4.98. The molecule has 6 nitrogen and oxygen atoms in total. The number of hydrogen-bond donors (Lipinski definition) is 1. The van der Waals surface area contributed by atoms with Gasteiger partial charge in [-0.25, -0.2) is 13.4 Å². The molecule has 1 aliphatic rings. The topological polar surface area (TPSA) is 79.4 Å². The molecule has 30 heavy (non-hydrogen) atoms. The molecule has 1 fully saturated rings. The maximum Gasteiger partial charge on any atom is 0.503 e. The van der Waals surface area contributed by atoms with Crippen LogP contribution in [0.5, 0.6) is 0 Å². The number of carbonyl (C=O) groups is 1. The number of carbonyl (C=O) groups excluding carboxylic acids is 1. The van der Waals surface area contributed by atoms with Crippen LogP contribution in [0.25, 0.3) is 0 Å². The van der Waals surface area contributed by atoms with Gasteiger partial charge in [-0.15, -0.1) is 0 Å². The van der Waals surface area contributed by atoms with Crippen molar-refractivity contribution in [3.8, 4) is 0 Å². The van der Waals surface area contributed by atoms with E-state index in [9.17, 15) is 26.4 Å². The van der Waals surface area contributed by atoms with Gasteiger partial charge in [0.05, 0.1) is 5.56 Å². The smallest absolute Gasteiger partial charge is 0.352 e. The number of hydrogen-bond acceptors (Lipinski definition) is 5. The van der Waals surface area contributed by atoms with Crippen molar-refractivity contribution in [2.75, 3.05) is 19.6 Å². The number of benzene rings is 1. The van der Waals surface area contributed by atoms with Gasteiger partial charge in [0.2, 0.25) is 0 Å². The largest absolute Gasteiger partial charge is 0.503 e. The van der Waals surface area contributed by atoms with E-state index in [-0.39, 0.29) is 12.5 Å². The van der Waals surface area contributed by atoms with Crippen molar-refractivity contribution < 1.29 is 26.4 Å². The molecule has 1 saturated heterocycles. The lowest BCUT2D eigenvalue weighted by Crippen LogP contribution is -2.41. The van der Waals surface area contributed by atoms with Crippen LogP contribution < -0.4 is 5.32 Å². The van der Waals surface area contributed by atoms with Crippen molar-refractivity contribution in [3.05, 3.63) is 59.8 Å². The van der Waals surface area contributed by atoms with Crippen LogP contribution in [0.2, 0.25) is 0 Å².